The van der Waals surface area contributed by atoms with Crippen molar-refractivity contribution in [2.45, 2.75) is 31.9 Å². The van der Waals surface area contributed by atoms with Gasteiger partial charge in [0.05, 0.1) is 12.7 Å². The molecular weight excluding hydrogens is 198 g/mol. The first kappa shape index (κ1) is 11.8. The number of aliphatic hydroxyl groups excluding tert-OH is 2. The van der Waals surface area contributed by atoms with Crippen molar-refractivity contribution in [3.63, 3.8) is 0 Å². The van der Waals surface area contributed by atoms with E-state index in [4.69, 9.17) is 10.1 Å². The molecule has 0 aliphatic carbocycles. The van der Waals surface area contributed by atoms with Crippen LogP contribution in [0, 0.1) is 5.39 Å². The van der Waals surface area contributed by atoms with E-state index in [0.717, 1.165) is 0 Å². The van der Waals surface area contributed by atoms with Crippen LogP contribution in [0.4, 0.5) is 0 Å². The highest BCUT2D eigenvalue weighted by Crippen LogP contribution is 2.19. The maximum absolute atomic E-state index is 9.43. The zero-order chi connectivity index (χ0) is 11.3. The summed E-state index contributed by atoms with van der Waals surface area (Å²) in [7, 11) is 0. The summed E-state index contributed by atoms with van der Waals surface area (Å²) in [5.41, 5.74) is 0.0868. The molecule has 1 rings (SSSR count). The van der Waals surface area contributed by atoms with Crippen LogP contribution >= 0.6 is 0 Å². The number of β-amino-alcohol motifs (C(OH)–C–C–N with tert-alkyl or cyclic N) is 1. The lowest BCUT2D eigenvalue weighted by molar-refractivity contribution is 0.0911. The van der Waals surface area contributed by atoms with E-state index in [2.05, 4.69) is 10.3 Å². The molecule has 0 aromatic heterocycles. The zero-order valence-electron chi connectivity index (χ0n) is 8.68. The average molecular weight is 214 g/mol. The largest absolute Gasteiger partial charge is 0.475 e. The van der Waals surface area contributed by atoms with Gasteiger partial charge < -0.3 is 20.3 Å². The normalized spacial score (nSPS) is 27.8. The predicted octanol–water partition coefficient (Wildman–Crippen LogP) is 0.716. The number of piperidine rings is 1. The van der Waals surface area contributed by atoms with Crippen molar-refractivity contribution in [3.8, 4) is 0 Å². The summed E-state index contributed by atoms with van der Waals surface area (Å²) in [6.45, 7) is 2.45. The first-order valence-corrected chi connectivity index (χ1v) is 5.01. The van der Waals surface area contributed by atoms with Gasteiger partial charge in [0.25, 0.3) is 0 Å². The zero-order valence-corrected chi connectivity index (χ0v) is 8.68. The lowest BCUT2D eigenvalue weighted by Crippen LogP contribution is -2.42. The van der Waals surface area contributed by atoms with Gasteiger partial charge in [-0.15, -0.1) is 0 Å². The van der Waals surface area contributed by atoms with Crippen molar-refractivity contribution in [1.82, 2.24) is 5.32 Å². The van der Waals surface area contributed by atoms with Gasteiger partial charge in [-0.05, 0) is 19.8 Å². The molecule has 0 radical (unpaired) electrons. The summed E-state index contributed by atoms with van der Waals surface area (Å²) in [5, 5.41) is 30.4. The molecule has 0 spiro atoms. The van der Waals surface area contributed by atoms with E-state index in [0.29, 0.717) is 26.0 Å². The highest BCUT2D eigenvalue weighted by Gasteiger charge is 2.35. The van der Waals surface area contributed by atoms with Gasteiger partial charge in [0.15, 0.2) is 4.98 Å². The third-order valence-electron chi connectivity index (χ3n) is 2.33. The molecule has 1 aliphatic rings. The van der Waals surface area contributed by atoms with Crippen molar-refractivity contribution in [2.24, 2.45) is 0 Å². The predicted molar refractivity (Wildman–Crippen MR) is 53.4 cm³/mol. The molecule has 2 atom stereocenters. The SMILES string of the molecule is CCO/C(O)=C(/[N+]#N)[C@@H]1CC[C@H](O)CN1. The molecule has 6 nitrogen and oxygen atoms in total. The molecule has 1 fully saturated rings. The van der Waals surface area contributed by atoms with Crippen molar-refractivity contribution in [2.75, 3.05) is 13.2 Å². The van der Waals surface area contributed by atoms with E-state index in [1.54, 1.807) is 6.92 Å². The van der Waals surface area contributed by atoms with Crippen LogP contribution in [0.2, 0.25) is 0 Å². The molecular formula is C9H16N3O3+. The minimum absolute atomic E-state index is 0.0868. The third-order valence-corrected chi connectivity index (χ3v) is 2.33. The molecule has 15 heavy (non-hydrogen) atoms. The standard InChI is InChI=1S/C9H15N3O3/c1-2-15-9(14)8(12-10)7-4-3-6(13)5-11-7/h6-7,11,13H,2-5H2,1H3/p+1/b9-8+/t6-,7-/m0/s1. The number of nitrogens with one attached hydrogen (secondary N) is 1. The van der Waals surface area contributed by atoms with Crippen LogP contribution in [-0.2, 0) is 4.74 Å². The van der Waals surface area contributed by atoms with Gasteiger partial charge in [-0.1, -0.05) is 0 Å². The Balaban J connectivity index is 2.67. The Hall–Kier alpha value is -1.32. The number of hydrogen-bond acceptors (Lipinski definition) is 5. The number of aliphatic hydroxyl groups is 2. The summed E-state index contributed by atoms with van der Waals surface area (Å²) >= 11 is 0. The summed E-state index contributed by atoms with van der Waals surface area (Å²) in [4.78, 5) is 3.02. The van der Waals surface area contributed by atoms with Crippen molar-refractivity contribution in [3.05, 3.63) is 16.6 Å². The Morgan fingerprint density at radius 2 is 2.33 bits per heavy atom. The second-order valence-corrected chi connectivity index (χ2v) is 3.42. The van der Waals surface area contributed by atoms with E-state index in [-0.39, 0.29) is 23.8 Å². The smallest absolute Gasteiger partial charge is 0.457 e. The van der Waals surface area contributed by atoms with Crippen LogP contribution < -0.4 is 5.32 Å². The third kappa shape index (κ3) is 3.08. The monoisotopic (exact) mass is 214 g/mol. The Morgan fingerprint density at radius 1 is 1.60 bits per heavy atom. The van der Waals surface area contributed by atoms with E-state index >= 15 is 0 Å². The number of hydrogen-bond donors (Lipinski definition) is 3. The van der Waals surface area contributed by atoms with Crippen LogP contribution in [0.1, 0.15) is 19.8 Å². The van der Waals surface area contributed by atoms with E-state index in [1.807, 2.05) is 0 Å². The highest BCUT2D eigenvalue weighted by molar-refractivity contribution is 5.18. The molecule has 1 aliphatic heterocycles. The Labute approximate surface area is 88.2 Å². The molecule has 0 amide bonds. The van der Waals surface area contributed by atoms with Crippen molar-refractivity contribution < 1.29 is 14.9 Å². The first-order chi connectivity index (χ1) is 7.19. The lowest BCUT2D eigenvalue weighted by Gasteiger charge is -2.22. The van der Waals surface area contributed by atoms with Crippen LogP contribution in [0.15, 0.2) is 11.6 Å². The minimum Gasteiger partial charge on any atom is -0.475 e. The second-order valence-electron chi connectivity index (χ2n) is 3.42. The summed E-state index contributed by atoms with van der Waals surface area (Å²) in [6.07, 6.45) is 0.823. The molecule has 1 saturated heterocycles. The molecule has 3 N–H and O–H groups in total. The van der Waals surface area contributed by atoms with Crippen molar-refractivity contribution in [1.29, 1.82) is 5.39 Å². The first-order valence-electron chi connectivity index (χ1n) is 5.01. The van der Waals surface area contributed by atoms with Crippen LogP contribution in [0.5, 0.6) is 0 Å². The van der Waals surface area contributed by atoms with Crippen LogP contribution in [0.3, 0.4) is 0 Å². The molecule has 0 saturated carbocycles. The number of ether oxygens (including phenoxy) is 1. The summed E-state index contributed by atoms with van der Waals surface area (Å²) in [5.74, 6) is -0.367. The van der Waals surface area contributed by atoms with Gasteiger partial charge in [0.2, 0.25) is 5.39 Å². The Kier molecular flexibility index (Phi) is 4.34. The maximum atomic E-state index is 9.43. The van der Waals surface area contributed by atoms with E-state index in [1.165, 1.54) is 0 Å². The van der Waals surface area contributed by atoms with Gasteiger partial charge in [-0.3, -0.25) is 0 Å². The molecule has 84 valence electrons. The second kappa shape index (κ2) is 5.53. The fraction of sp³-hybridized carbons (Fsp3) is 0.778. The van der Waals surface area contributed by atoms with Gasteiger partial charge in [-0.2, -0.15) is 0 Å². The minimum atomic E-state index is -0.379. The number of diazo groups is 1. The molecule has 1 heterocycles. The molecule has 0 unspecified atom stereocenters. The molecule has 0 aromatic carbocycles. The Bertz CT molecular complexity index is 277. The van der Waals surface area contributed by atoms with E-state index < -0.39 is 0 Å². The topological polar surface area (TPSA) is 89.9 Å². The van der Waals surface area contributed by atoms with Crippen LogP contribution in [-0.4, -0.2) is 35.5 Å². The average Bonchev–Trinajstić information content (AvgIpc) is 2.22. The molecule has 6 heteroatoms. The van der Waals surface area contributed by atoms with Gasteiger partial charge in [-0.25, -0.2) is 0 Å². The van der Waals surface area contributed by atoms with E-state index in [9.17, 15) is 10.2 Å². The molecule has 0 bridgehead atoms. The maximum Gasteiger partial charge on any atom is 0.457 e. The Morgan fingerprint density at radius 3 is 2.80 bits per heavy atom. The fourth-order valence-electron chi connectivity index (χ4n) is 1.55. The van der Waals surface area contributed by atoms with Gasteiger partial charge in [0, 0.05) is 6.54 Å². The fourth-order valence-corrected chi connectivity index (χ4v) is 1.55. The van der Waals surface area contributed by atoms with Crippen LogP contribution in [0.25, 0.3) is 4.98 Å². The number of nitrogens with zero attached hydrogens (tertiary/aromatic N) is 2. The van der Waals surface area contributed by atoms with Gasteiger partial charge in [0.1, 0.15) is 6.04 Å². The van der Waals surface area contributed by atoms with Crippen molar-refractivity contribution >= 4 is 0 Å². The summed E-state index contributed by atoms with van der Waals surface area (Å²) in [6, 6.07) is -0.273. The highest BCUT2D eigenvalue weighted by atomic mass is 16.6. The van der Waals surface area contributed by atoms with Gasteiger partial charge >= 0.3 is 11.6 Å². The quantitative estimate of drug-likeness (QED) is 0.475. The lowest BCUT2D eigenvalue weighted by atomic mass is 10.0. The summed E-state index contributed by atoms with van der Waals surface area (Å²) < 4.78 is 4.85. The number of rotatable bonds is 3. The molecule has 0 aromatic rings.